The lowest BCUT2D eigenvalue weighted by molar-refractivity contribution is 0.101. The molecule has 1 aliphatic carbocycles. The topological polar surface area (TPSA) is 29.5 Å². The molecule has 104 valence electrons. The van der Waals surface area contributed by atoms with E-state index < -0.39 is 5.60 Å². The van der Waals surface area contributed by atoms with Gasteiger partial charge in [0, 0.05) is 10.0 Å². The van der Waals surface area contributed by atoms with Gasteiger partial charge in [-0.15, -0.1) is 0 Å². The van der Waals surface area contributed by atoms with Gasteiger partial charge in [0.15, 0.2) is 0 Å². The molecule has 0 amide bonds. The van der Waals surface area contributed by atoms with Crippen LogP contribution in [0.2, 0.25) is 0 Å². The number of hydrogen-bond donors (Lipinski definition) is 1. The second-order valence-electron chi connectivity index (χ2n) is 5.39. The summed E-state index contributed by atoms with van der Waals surface area (Å²) in [5.74, 6) is 0.874. The zero-order valence-corrected chi connectivity index (χ0v) is 12.9. The van der Waals surface area contributed by atoms with Crippen LogP contribution < -0.4 is 4.74 Å². The number of halogens is 1. The van der Waals surface area contributed by atoms with Crippen molar-refractivity contribution in [3.05, 3.63) is 64.1 Å². The molecule has 2 aromatic rings. The van der Waals surface area contributed by atoms with E-state index in [9.17, 15) is 5.11 Å². The number of benzene rings is 2. The lowest BCUT2D eigenvalue weighted by Gasteiger charge is -2.26. The van der Waals surface area contributed by atoms with E-state index in [1.165, 1.54) is 0 Å². The molecule has 20 heavy (non-hydrogen) atoms. The molecule has 1 atom stereocenters. The summed E-state index contributed by atoms with van der Waals surface area (Å²) >= 11 is 3.50. The van der Waals surface area contributed by atoms with Gasteiger partial charge in [0.2, 0.25) is 0 Å². The maximum absolute atomic E-state index is 10.9. The molecule has 2 aromatic carbocycles. The standard InChI is InChI=1S/C17H17BrO2/c1-17(19,15-4-2-3-5-16(15)18)12-6-8-13(9-7-12)20-14-10-11-14/h2-9,14,19H,10-11H2,1H3. The summed E-state index contributed by atoms with van der Waals surface area (Å²) in [7, 11) is 0. The number of hydrogen-bond acceptors (Lipinski definition) is 2. The highest BCUT2D eigenvalue weighted by Crippen LogP contribution is 2.35. The minimum absolute atomic E-state index is 0.393. The van der Waals surface area contributed by atoms with Gasteiger partial charge in [-0.25, -0.2) is 0 Å². The molecule has 1 saturated carbocycles. The summed E-state index contributed by atoms with van der Waals surface area (Å²) < 4.78 is 6.64. The molecule has 0 spiro atoms. The molecule has 3 rings (SSSR count). The minimum atomic E-state index is -1.03. The van der Waals surface area contributed by atoms with E-state index >= 15 is 0 Å². The van der Waals surface area contributed by atoms with Crippen LogP contribution in [0.4, 0.5) is 0 Å². The Hall–Kier alpha value is -1.32. The highest BCUT2D eigenvalue weighted by Gasteiger charge is 2.28. The fourth-order valence-electron chi connectivity index (χ4n) is 2.25. The van der Waals surface area contributed by atoms with Crippen molar-refractivity contribution in [3.63, 3.8) is 0 Å². The fourth-order valence-corrected chi connectivity index (χ4v) is 2.92. The largest absolute Gasteiger partial charge is 0.490 e. The normalized spacial score (nSPS) is 17.6. The van der Waals surface area contributed by atoms with Crippen LogP contribution in [-0.4, -0.2) is 11.2 Å². The van der Waals surface area contributed by atoms with Gasteiger partial charge in [-0.3, -0.25) is 0 Å². The van der Waals surface area contributed by atoms with Crippen molar-refractivity contribution < 1.29 is 9.84 Å². The van der Waals surface area contributed by atoms with Crippen molar-refractivity contribution in [3.8, 4) is 5.75 Å². The summed E-state index contributed by atoms with van der Waals surface area (Å²) in [5, 5.41) is 10.9. The van der Waals surface area contributed by atoms with Gasteiger partial charge in [0.25, 0.3) is 0 Å². The summed E-state index contributed by atoms with van der Waals surface area (Å²) in [6.45, 7) is 1.81. The van der Waals surface area contributed by atoms with Crippen molar-refractivity contribution in [2.75, 3.05) is 0 Å². The Kier molecular flexibility index (Phi) is 3.57. The lowest BCUT2D eigenvalue weighted by atomic mass is 9.88. The smallest absolute Gasteiger partial charge is 0.119 e. The second-order valence-corrected chi connectivity index (χ2v) is 6.25. The van der Waals surface area contributed by atoms with Gasteiger partial charge in [-0.1, -0.05) is 46.3 Å². The molecule has 0 bridgehead atoms. The van der Waals surface area contributed by atoms with Crippen LogP contribution in [0.1, 0.15) is 30.9 Å². The van der Waals surface area contributed by atoms with Gasteiger partial charge in [-0.05, 0) is 43.5 Å². The number of rotatable bonds is 4. The van der Waals surface area contributed by atoms with E-state index in [-0.39, 0.29) is 0 Å². The summed E-state index contributed by atoms with van der Waals surface area (Å²) in [6, 6.07) is 15.5. The molecule has 1 fully saturated rings. The van der Waals surface area contributed by atoms with E-state index in [1.807, 2.05) is 55.5 Å². The zero-order chi connectivity index (χ0) is 14.2. The van der Waals surface area contributed by atoms with Crippen molar-refractivity contribution in [1.82, 2.24) is 0 Å². The Labute approximate surface area is 127 Å². The predicted octanol–water partition coefficient (Wildman–Crippen LogP) is 4.25. The van der Waals surface area contributed by atoms with Crippen LogP contribution in [0.25, 0.3) is 0 Å². The lowest BCUT2D eigenvalue weighted by Crippen LogP contribution is -2.23. The zero-order valence-electron chi connectivity index (χ0n) is 11.3. The maximum atomic E-state index is 10.9. The molecule has 2 nitrogen and oxygen atoms in total. The Morgan fingerprint density at radius 2 is 1.75 bits per heavy atom. The maximum Gasteiger partial charge on any atom is 0.119 e. The Morgan fingerprint density at radius 1 is 1.10 bits per heavy atom. The molecule has 1 aliphatic rings. The first-order valence-corrected chi connectivity index (χ1v) is 7.61. The molecule has 0 heterocycles. The van der Waals surface area contributed by atoms with Crippen molar-refractivity contribution in [1.29, 1.82) is 0 Å². The van der Waals surface area contributed by atoms with Crippen molar-refractivity contribution in [2.45, 2.75) is 31.5 Å². The van der Waals surface area contributed by atoms with Gasteiger partial charge < -0.3 is 9.84 Å². The fraction of sp³-hybridized carbons (Fsp3) is 0.294. The first-order valence-electron chi connectivity index (χ1n) is 6.82. The van der Waals surface area contributed by atoms with Gasteiger partial charge in [0.1, 0.15) is 11.4 Å². The molecule has 1 N–H and O–H groups in total. The van der Waals surface area contributed by atoms with Crippen molar-refractivity contribution in [2.24, 2.45) is 0 Å². The molecular weight excluding hydrogens is 316 g/mol. The van der Waals surface area contributed by atoms with E-state index in [0.717, 1.165) is 34.2 Å². The highest BCUT2D eigenvalue weighted by atomic mass is 79.9. The average molecular weight is 333 g/mol. The van der Waals surface area contributed by atoms with E-state index in [2.05, 4.69) is 15.9 Å². The van der Waals surface area contributed by atoms with Gasteiger partial charge in [0.05, 0.1) is 6.10 Å². The monoisotopic (exact) mass is 332 g/mol. The van der Waals surface area contributed by atoms with Crippen LogP contribution >= 0.6 is 15.9 Å². The number of aliphatic hydroxyl groups is 1. The Morgan fingerprint density at radius 3 is 2.35 bits per heavy atom. The quantitative estimate of drug-likeness (QED) is 0.907. The van der Waals surface area contributed by atoms with Crippen molar-refractivity contribution >= 4 is 15.9 Å². The number of ether oxygens (including phenoxy) is 1. The second kappa shape index (κ2) is 5.23. The van der Waals surface area contributed by atoms with E-state index in [0.29, 0.717) is 6.10 Å². The minimum Gasteiger partial charge on any atom is -0.490 e. The van der Waals surface area contributed by atoms with Gasteiger partial charge in [-0.2, -0.15) is 0 Å². The first-order chi connectivity index (χ1) is 9.57. The predicted molar refractivity (Wildman–Crippen MR) is 82.9 cm³/mol. The van der Waals surface area contributed by atoms with Crippen LogP contribution in [0.3, 0.4) is 0 Å². The molecule has 3 heteroatoms. The van der Waals surface area contributed by atoms with Gasteiger partial charge >= 0.3 is 0 Å². The summed E-state index contributed by atoms with van der Waals surface area (Å²) in [6.07, 6.45) is 2.69. The molecule has 1 unspecified atom stereocenters. The van der Waals surface area contributed by atoms with Crippen LogP contribution in [0.5, 0.6) is 5.75 Å². The molecular formula is C17H17BrO2. The van der Waals surface area contributed by atoms with E-state index in [1.54, 1.807) is 0 Å². The molecule has 0 saturated heterocycles. The van der Waals surface area contributed by atoms with Crippen LogP contribution in [-0.2, 0) is 5.60 Å². The van der Waals surface area contributed by atoms with Crippen LogP contribution in [0.15, 0.2) is 53.0 Å². The van der Waals surface area contributed by atoms with Crippen LogP contribution in [0, 0.1) is 0 Å². The highest BCUT2D eigenvalue weighted by molar-refractivity contribution is 9.10. The molecule has 0 radical (unpaired) electrons. The Bertz CT molecular complexity index is 601. The molecule has 0 aromatic heterocycles. The Balaban J connectivity index is 1.88. The third-order valence-electron chi connectivity index (χ3n) is 3.64. The first kappa shape index (κ1) is 13.7. The summed E-state index contributed by atoms with van der Waals surface area (Å²) in [5.41, 5.74) is 0.682. The third kappa shape index (κ3) is 2.74. The average Bonchev–Trinajstić information content (AvgIpc) is 3.24. The SMILES string of the molecule is CC(O)(c1ccc(OC2CC2)cc1)c1ccccc1Br. The third-order valence-corrected chi connectivity index (χ3v) is 4.33. The molecule has 0 aliphatic heterocycles. The van der Waals surface area contributed by atoms with E-state index in [4.69, 9.17) is 4.74 Å². The summed E-state index contributed by atoms with van der Waals surface area (Å²) in [4.78, 5) is 0.